The summed E-state index contributed by atoms with van der Waals surface area (Å²) in [5, 5.41) is 0. The quantitative estimate of drug-likeness (QED) is 0.547. The highest BCUT2D eigenvalue weighted by molar-refractivity contribution is 9.09. The Labute approximate surface area is 96.7 Å². The van der Waals surface area contributed by atoms with Crippen LogP contribution in [0.1, 0.15) is 52.4 Å². The summed E-state index contributed by atoms with van der Waals surface area (Å²) in [6, 6.07) is 0. The van der Waals surface area contributed by atoms with Crippen molar-refractivity contribution in [1.29, 1.82) is 0 Å². The highest BCUT2D eigenvalue weighted by Crippen LogP contribution is 2.26. The molecular formula is C12H23BrO. The molecule has 2 unspecified atom stereocenters. The third-order valence-corrected chi connectivity index (χ3v) is 3.95. The van der Waals surface area contributed by atoms with E-state index in [1.54, 1.807) is 0 Å². The van der Waals surface area contributed by atoms with Crippen LogP contribution in [0.4, 0.5) is 0 Å². The molecule has 14 heavy (non-hydrogen) atoms. The Kier molecular flexibility index (Phi) is 6.11. The third-order valence-electron chi connectivity index (χ3n) is 2.90. The zero-order valence-electron chi connectivity index (χ0n) is 9.47. The molecule has 1 rings (SSSR count). The van der Waals surface area contributed by atoms with Gasteiger partial charge in [-0.2, -0.15) is 0 Å². The molecule has 0 amide bonds. The molecule has 0 N–H and O–H groups in total. The second kappa shape index (κ2) is 6.84. The number of alkyl halides is 1. The minimum atomic E-state index is 0.469. The van der Waals surface area contributed by atoms with E-state index in [0.717, 1.165) is 12.5 Å². The predicted molar refractivity (Wildman–Crippen MR) is 65.0 cm³/mol. The van der Waals surface area contributed by atoms with E-state index in [9.17, 15) is 0 Å². The van der Waals surface area contributed by atoms with E-state index < -0.39 is 0 Å². The maximum atomic E-state index is 5.94. The number of ether oxygens (including phenoxy) is 1. The van der Waals surface area contributed by atoms with Gasteiger partial charge in [0.25, 0.3) is 0 Å². The largest absolute Gasteiger partial charge is 0.377 e. The van der Waals surface area contributed by atoms with Gasteiger partial charge in [-0.1, -0.05) is 49.0 Å². The predicted octanol–water partition coefficient (Wildman–Crippen LogP) is 4.15. The Bertz CT molecular complexity index is 147. The lowest BCUT2D eigenvalue weighted by atomic mass is 10.1. The Morgan fingerprint density at radius 3 is 2.64 bits per heavy atom. The number of halogens is 1. The zero-order valence-corrected chi connectivity index (χ0v) is 11.1. The van der Waals surface area contributed by atoms with Gasteiger partial charge in [-0.05, 0) is 25.2 Å². The maximum absolute atomic E-state index is 5.94. The first-order valence-electron chi connectivity index (χ1n) is 5.96. The van der Waals surface area contributed by atoms with Gasteiger partial charge in [0.2, 0.25) is 0 Å². The van der Waals surface area contributed by atoms with Crippen molar-refractivity contribution in [2.24, 2.45) is 5.92 Å². The summed E-state index contributed by atoms with van der Waals surface area (Å²) in [5.41, 5.74) is 0. The lowest BCUT2D eigenvalue weighted by molar-refractivity contribution is 0.0420. The first-order valence-corrected chi connectivity index (χ1v) is 6.87. The molecular weight excluding hydrogens is 240 g/mol. The normalized spacial score (nSPS) is 29.1. The summed E-state index contributed by atoms with van der Waals surface area (Å²) >= 11 is 3.75. The molecule has 0 aromatic carbocycles. The minimum absolute atomic E-state index is 0.469. The van der Waals surface area contributed by atoms with Crippen molar-refractivity contribution in [3.63, 3.8) is 0 Å². The van der Waals surface area contributed by atoms with Crippen LogP contribution in [0, 0.1) is 5.92 Å². The molecule has 1 aliphatic carbocycles. The standard InChI is InChI=1S/C12H23BrO/c1-10(2)8-9-14-12-7-5-3-4-6-11(12)13/h10-12H,3-9H2,1-2H3. The molecule has 1 nitrogen and oxygen atoms in total. The van der Waals surface area contributed by atoms with E-state index in [4.69, 9.17) is 4.74 Å². The third kappa shape index (κ3) is 4.79. The summed E-state index contributed by atoms with van der Waals surface area (Å²) in [6.07, 6.45) is 8.27. The molecule has 1 fully saturated rings. The maximum Gasteiger partial charge on any atom is 0.0700 e. The molecule has 0 aromatic heterocycles. The second-order valence-electron chi connectivity index (χ2n) is 4.75. The second-order valence-corrected chi connectivity index (χ2v) is 5.92. The van der Waals surface area contributed by atoms with Crippen molar-refractivity contribution in [3.8, 4) is 0 Å². The minimum Gasteiger partial charge on any atom is -0.377 e. The first kappa shape index (κ1) is 12.5. The van der Waals surface area contributed by atoms with E-state index in [0.29, 0.717) is 10.9 Å². The van der Waals surface area contributed by atoms with Crippen LogP contribution in [0.15, 0.2) is 0 Å². The van der Waals surface area contributed by atoms with Crippen LogP contribution >= 0.6 is 15.9 Å². The summed E-state index contributed by atoms with van der Waals surface area (Å²) in [6.45, 7) is 5.44. The van der Waals surface area contributed by atoms with Crippen molar-refractivity contribution in [3.05, 3.63) is 0 Å². The molecule has 2 atom stereocenters. The highest BCUT2D eigenvalue weighted by atomic mass is 79.9. The van der Waals surface area contributed by atoms with Crippen molar-refractivity contribution in [2.45, 2.75) is 63.3 Å². The number of hydrogen-bond acceptors (Lipinski definition) is 1. The van der Waals surface area contributed by atoms with Gasteiger partial charge in [0.05, 0.1) is 6.10 Å². The van der Waals surface area contributed by atoms with Gasteiger partial charge in [0.1, 0.15) is 0 Å². The fourth-order valence-corrected chi connectivity index (χ4v) is 2.61. The van der Waals surface area contributed by atoms with E-state index in [2.05, 4.69) is 29.8 Å². The van der Waals surface area contributed by atoms with Crippen LogP contribution in [0.3, 0.4) is 0 Å². The first-order chi connectivity index (χ1) is 6.70. The van der Waals surface area contributed by atoms with Gasteiger partial charge >= 0.3 is 0 Å². The van der Waals surface area contributed by atoms with Gasteiger partial charge in [0.15, 0.2) is 0 Å². The van der Waals surface area contributed by atoms with Gasteiger partial charge in [-0.25, -0.2) is 0 Å². The molecule has 0 bridgehead atoms. The summed E-state index contributed by atoms with van der Waals surface area (Å²) in [4.78, 5) is 0.595. The molecule has 0 saturated heterocycles. The average molecular weight is 263 g/mol. The molecule has 0 heterocycles. The Morgan fingerprint density at radius 2 is 1.93 bits per heavy atom. The van der Waals surface area contributed by atoms with Crippen LogP contribution in [-0.4, -0.2) is 17.5 Å². The van der Waals surface area contributed by atoms with E-state index in [1.807, 2.05) is 0 Å². The summed E-state index contributed by atoms with van der Waals surface area (Å²) in [7, 11) is 0. The molecule has 0 spiro atoms. The van der Waals surface area contributed by atoms with E-state index >= 15 is 0 Å². The Hall–Kier alpha value is 0.440. The molecule has 1 aliphatic rings. The molecule has 0 radical (unpaired) electrons. The van der Waals surface area contributed by atoms with Gasteiger partial charge in [0, 0.05) is 11.4 Å². The number of hydrogen-bond donors (Lipinski definition) is 0. The fraction of sp³-hybridized carbons (Fsp3) is 1.00. The van der Waals surface area contributed by atoms with Crippen molar-refractivity contribution in [1.82, 2.24) is 0 Å². The average Bonchev–Trinajstić information content (AvgIpc) is 2.31. The highest BCUT2D eigenvalue weighted by Gasteiger charge is 2.21. The molecule has 1 saturated carbocycles. The Balaban J connectivity index is 2.19. The van der Waals surface area contributed by atoms with E-state index in [-0.39, 0.29) is 0 Å². The van der Waals surface area contributed by atoms with Crippen LogP contribution in [0.25, 0.3) is 0 Å². The van der Waals surface area contributed by atoms with Crippen LogP contribution < -0.4 is 0 Å². The molecule has 84 valence electrons. The van der Waals surface area contributed by atoms with Crippen LogP contribution in [-0.2, 0) is 4.74 Å². The molecule has 0 aliphatic heterocycles. The SMILES string of the molecule is CC(C)CCOC1CCCCCC1Br. The topological polar surface area (TPSA) is 9.23 Å². The smallest absolute Gasteiger partial charge is 0.0700 e. The molecule has 0 aromatic rings. The fourth-order valence-electron chi connectivity index (χ4n) is 1.87. The number of rotatable bonds is 4. The summed E-state index contributed by atoms with van der Waals surface area (Å²) < 4.78 is 5.94. The van der Waals surface area contributed by atoms with Crippen LogP contribution in [0.2, 0.25) is 0 Å². The van der Waals surface area contributed by atoms with E-state index in [1.165, 1.54) is 38.5 Å². The van der Waals surface area contributed by atoms with Gasteiger partial charge < -0.3 is 4.74 Å². The lowest BCUT2D eigenvalue weighted by Gasteiger charge is -2.21. The van der Waals surface area contributed by atoms with Crippen molar-refractivity contribution >= 4 is 15.9 Å². The van der Waals surface area contributed by atoms with Crippen molar-refractivity contribution < 1.29 is 4.74 Å². The van der Waals surface area contributed by atoms with Gasteiger partial charge in [-0.15, -0.1) is 0 Å². The molecule has 2 heteroatoms. The monoisotopic (exact) mass is 262 g/mol. The van der Waals surface area contributed by atoms with Crippen LogP contribution in [0.5, 0.6) is 0 Å². The lowest BCUT2D eigenvalue weighted by Crippen LogP contribution is -2.23. The van der Waals surface area contributed by atoms with Gasteiger partial charge in [-0.3, -0.25) is 0 Å². The zero-order chi connectivity index (χ0) is 10.4. The van der Waals surface area contributed by atoms with Crippen molar-refractivity contribution in [2.75, 3.05) is 6.61 Å². The Morgan fingerprint density at radius 1 is 1.21 bits per heavy atom. The summed E-state index contributed by atoms with van der Waals surface area (Å²) in [5.74, 6) is 0.759.